The fourth-order valence-corrected chi connectivity index (χ4v) is 2.41. The molecule has 2 aromatic heterocycles. The van der Waals surface area contributed by atoms with Crippen LogP contribution < -0.4 is 10.6 Å². The van der Waals surface area contributed by atoms with E-state index >= 15 is 0 Å². The topological polar surface area (TPSA) is 75.9 Å². The van der Waals surface area contributed by atoms with E-state index in [1.165, 1.54) is 18.3 Å². The maximum Gasteiger partial charge on any atom is 0.416 e. The van der Waals surface area contributed by atoms with Crippen LogP contribution in [0.1, 0.15) is 18.3 Å². The number of hydrogen-bond donors (Lipinski definition) is 2. The van der Waals surface area contributed by atoms with Gasteiger partial charge in [0.2, 0.25) is 0 Å². The first-order valence-corrected chi connectivity index (χ1v) is 8.26. The number of nitrogens with zero attached hydrogens (tertiary/aromatic N) is 3. The summed E-state index contributed by atoms with van der Waals surface area (Å²) in [6.07, 6.45) is -2.31. The smallest absolute Gasteiger partial charge is 0.340 e. The van der Waals surface area contributed by atoms with Crippen LogP contribution in [0.15, 0.2) is 47.1 Å². The number of benzene rings is 1. The van der Waals surface area contributed by atoms with Gasteiger partial charge in [-0.05, 0) is 44.3 Å². The number of hydrogen-bond acceptors (Lipinski definition) is 6. The molecular formula is C18H19ClF3N5O. The molecule has 1 aromatic carbocycles. The summed E-state index contributed by atoms with van der Waals surface area (Å²) in [5, 5.41) is 9.92. The number of likely N-dealkylation sites (N-methyl/N-ethyl adjacent to an activating group) is 1. The molecule has 2 heterocycles. The Balaban J connectivity index is 0.00000280. The lowest BCUT2D eigenvalue weighted by atomic mass is 10.2. The first kappa shape index (κ1) is 21.6. The third-order valence-electron chi connectivity index (χ3n) is 3.94. The van der Waals surface area contributed by atoms with Crippen LogP contribution in [0.3, 0.4) is 0 Å². The van der Waals surface area contributed by atoms with E-state index in [4.69, 9.17) is 4.52 Å². The summed E-state index contributed by atoms with van der Waals surface area (Å²) in [5.74, 6) is 1.10. The van der Waals surface area contributed by atoms with Gasteiger partial charge in [-0.3, -0.25) is 0 Å². The highest BCUT2D eigenvalue weighted by molar-refractivity contribution is 5.85. The van der Waals surface area contributed by atoms with Gasteiger partial charge in [0.05, 0.1) is 11.1 Å². The normalized spacial score (nSPS) is 12.3. The highest BCUT2D eigenvalue weighted by Crippen LogP contribution is 2.32. The zero-order valence-corrected chi connectivity index (χ0v) is 15.9. The Morgan fingerprint density at radius 1 is 1.18 bits per heavy atom. The average Bonchev–Trinajstić information content (AvgIpc) is 3.10. The Bertz CT molecular complexity index is 916. The highest BCUT2D eigenvalue weighted by atomic mass is 35.5. The molecule has 150 valence electrons. The minimum atomic E-state index is -4.42. The molecule has 10 heteroatoms. The Morgan fingerprint density at radius 3 is 2.68 bits per heavy atom. The zero-order valence-electron chi connectivity index (χ0n) is 15.1. The van der Waals surface area contributed by atoms with E-state index in [2.05, 4.69) is 25.8 Å². The molecule has 0 bridgehead atoms. The van der Waals surface area contributed by atoms with Crippen molar-refractivity contribution < 1.29 is 17.7 Å². The lowest BCUT2D eigenvalue weighted by Gasteiger charge is -2.11. The van der Waals surface area contributed by atoms with E-state index in [-0.39, 0.29) is 30.0 Å². The summed E-state index contributed by atoms with van der Waals surface area (Å²) in [7, 11) is 1.84. The van der Waals surface area contributed by atoms with Crippen LogP contribution in [0, 0.1) is 0 Å². The van der Waals surface area contributed by atoms with Crippen LogP contribution in [-0.2, 0) is 12.6 Å². The van der Waals surface area contributed by atoms with Gasteiger partial charge in [0.15, 0.2) is 5.82 Å². The molecule has 1 atom stereocenters. The molecule has 0 spiro atoms. The minimum Gasteiger partial charge on any atom is -0.340 e. The van der Waals surface area contributed by atoms with Gasteiger partial charge in [0.1, 0.15) is 5.82 Å². The number of halogens is 4. The van der Waals surface area contributed by atoms with Crippen molar-refractivity contribution in [1.29, 1.82) is 0 Å². The van der Waals surface area contributed by atoms with Crippen LogP contribution >= 0.6 is 12.4 Å². The maximum absolute atomic E-state index is 12.9. The molecule has 0 aliphatic carbocycles. The molecule has 0 saturated carbocycles. The summed E-state index contributed by atoms with van der Waals surface area (Å²) in [6.45, 7) is 1.99. The van der Waals surface area contributed by atoms with Crippen molar-refractivity contribution in [1.82, 2.24) is 20.4 Å². The molecule has 0 aliphatic heterocycles. The number of anilines is 2. The fourth-order valence-electron chi connectivity index (χ4n) is 2.41. The molecule has 3 rings (SSSR count). The highest BCUT2D eigenvalue weighted by Gasteiger charge is 2.30. The molecule has 0 radical (unpaired) electrons. The predicted molar refractivity (Wildman–Crippen MR) is 102 cm³/mol. The first-order chi connectivity index (χ1) is 12.9. The van der Waals surface area contributed by atoms with E-state index in [9.17, 15) is 13.2 Å². The van der Waals surface area contributed by atoms with Gasteiger partial charge < -0.3 is 15.2 Å². The second-order valence-corrected chi connectivity index (χ2v) is 6.01. The molecule has 3 aromatic rings. The number of alkyl halides is 3. The molecule has 2 N–H and O–H groups in total. The SMILES string of the molecule is CNC(C)Cc1noc(-c2cccnc2Nc2cccc(C(F)(F)F)c2)n1.Cl. The van der Waals surface area contributed by atoms with Crippen molar-refractivity contribution in [2.45, 2.75) is 25.6 Å². The van der Waals surface area contributed by atoms with Gasteiger partial charge in [-0.1, -0.05) is 11.2 Å². The Hall–Kier alpha value is -2.65. The van der Waals surface area contributed by atoms with E-state index in [0.29, 0.717) is 23.6 Å². The Kier molecular flexibility index (Phi) is 6.98. The van der Waals surface area contributed by atoms with E-state index in [1.807, 2.05) is 14.0 Å². The third-order valence-corrected chi connectivity index (χ3v) is 3.94. The molecule has 0 aliphatic rings. The van der Waals surface area contributed by atoms with Crippen molar-refractivity contribution >= 4 is 23.9 Å². The zero-order chi connectivity index (χ0) is 19.4. The summed E-state index contributed by atoms with van der Waals surface area (Å²) in [5.41, 5.74) is 0.0187. The molecule has 1 unspecified atom stereocenters. The van der Waals surface area contributed by atoms with Crippen LogP contribution in [-0.4, -0.2) is 28.2 Å². The molecule has 0 saturated heterocycles. The largest absolute Gasteiger partial charge is 0.416 e. The van der Waals surface area contributed by atoms with Crippen LogP contribution in [0.2, 0.25) is 0 Å². The fraction of sp³-hybridized carbons (Fsp3) is 0.278. The average molecular weight is 414 g/mol. The standard InChI is InChI=1S/C18H18F3N5O.ClH/c1-11(22-2)9-15-25-17(27-26-15)14-7-4-8-23-16(14)24-13-6-3-5-12(10-13)18(19,20)21;/h3-8,10-11,22H,9H2,1-2H3,(H,23,24);1H. The van der Waals surface area contributed by atoms with Crippen LogP contribution in [0.25, 0.3) is 11.5 Å². The van der Waals surface area contributed by atoms with Gasteiger partial charge in [-0.2, -0.15) is 18.2 Å². The van der Waals surface area contributed by atoms with Crippen LogP contribution in [0.4, 0.5) is 24.7 Å². The van der Waals surface area contributed by atoms with Crippen LogP contribution in [0.5, 0.6) is 0 Å². The lowest BCUT2D eigenvalue weighted by molar-refractivity contribution is -0.137. The molecule has 0 fully saturated rings. The second kappa shape index (κ2) is 9.03. The maximum atomic E-state index is 12.9. The Labute approximate surface area is 166 Å². The molecular weight excluding hydrogens is 395 g/mol. The number of rotatable bonds is 6. The Morgan fingerprint density at radius 2 is 1.96 bits per heavy atom. The molecule has 0 amide bonds. The molecule has 28 heavy (non-hydrogen) atoms. The third kappa shape index (κ3) is 5.20. The van der Waals surface area contributed by atoms with Crippen molar-refractivity contribution in [2.24, 2.45) is 0 Å². The minimum absolute atomic E-state index is 0. The van der Waals surface area contributed by atoms with E-state index in [1.54, 1.807) is 12.1 Å². The molecule has 6 nitrogen and oxygen atoms in total. The van der Waals surface area contributed by atoms with Gasteiger partial charge >= 0.3 is 6.18 Å². The number of nitrogens with one attached hydrogen (secondary N) is 2. The number of aromatic nitrogens is 3. The summed E-state index contributed by atoms with van der Waals surface area (Å²) >= 11 is 0. The summed E-state index contributed by atoms with van der Waals surface area (Å²) in [4.78, 5) is 8.55. The van der Waals surface area contributed by atoms with Gasteiger partial charge in [-0.15, -0.1) is 12.4 Å². The number of pyridine rings is 1. The first-order valence-electron chi connectivity index (χ1n) is 8.26. The van der Waals surface area contributed by atoms with Gasteiger partial charge in [0, 0.05) is 24.3 Å². The monoisotopic (exact) mass is 413 g/mol. The van der Waals surface area contributed by atoms with Crippen molar-refractivity contribution in [3.05, 3.63) is 54.0 Å². The second-order valence-electron chi connectivity index (χ2n) is 6.01. The predicted octanol–water partition coefficient (Wildman–Crippen LogP) is 4.47. The van der Waals surface area contributed by atoms with Crippen molar-refractivity contribution in [2.75, 3.05) is 12.4 Å². The summed E-state index contributed by atoms with van der Waals surface area (Å²) < 4.78 is 44.0. The lowest BCUT2D eigenvalue weighted by Crippen LogP contribution is -2.24. The van der Waals surface area contributed by atoms with Gasteiger partial charge in [0.25, 0.3) is 5.89 Å². The van der Waals surface area contributed by atoms with E-state index in [0.717, 1.165) is 12.1 Å². The van der Waals surface area contributed by atoms with Crippen molar-refractivity contribution in [3.8, 4) is 11.5 Å². The van der Waals surface area contributed by atoms with E-state index < -0.39 is 11.7 Å². The van der Waals surface area contributed by atoms with Gasteiger partial charge in [-0.25, -0.2) is 4.98 Å². The van der Waals surface area contributed by atoms with Crippen molar-refractivity contribution in [3.63, 3.8) is 0 Å². The summed E-state index contributed by atoms with van der Waals surface area (Å²) in [6, 6.07) is 8.46. The quantitative estimate of drug-likeness (QED) is 0.621.